The Hall–Kier alpha value is -3.60. The molecule has 0 spiro atoms. The summed E-state index contributed by atoms with van der Waals surface area (Å²) in [5, 5.41) is 17.1. The van der Waals surface area contributed by atoms with Crippen LogP contribution in [0.25, 0.3) is 5.69 Å². The average Bonchev–Trinajstić information content (AvgIpc) is 3.34. The van der Waals surface area contributed by atoms with E-state index in [1.807, 2.05) is 19.9 Å². The highest BCUT2D eigenvalue weighted by molar-refractivity contribution is 7.12. The van der Waals surface area contributed by atoms with Crippen LogP contribution in [0.4, 0.5) is 10.5 Å². The van der Waals surface area contributed by atoms with E-state index in [4.69, 9.17) is 4.74 Å². The van der Waals surface area contributed by atoms with E-state index in [9.17, 15) is 14.4 Å². The molecule has 0 radical (unpaired) electrons. The number of esters is 1. The van der Waals surface area contributed by atoms with Crippen molar-refractivity contribution in [1.82, 2.24) is 25.5 Å². The fourth-order valence-corrected chi connectivity index (χ4v) is 3.08. The summed E-state index contributed by atoms with van der Waals surface area (Å²) in [5.74, 6) is -1.47. The highest BCUT2D eigenvalue weighted by Gasteiger charge is 2.19. The molecule has 0 bridgehead atoms. The van der Waals surface area contributed by atoms with E-state index >= 15 is 0 Å². The second-order valence-electron chi connectivity index (χ2n) is 5.72. The number of nitrogens with one attached hydrogen (secondary N) is 2. The Labute approximate surface area is 163 Å². The van der Waals surface area contributed by atoms with Crippen LogP contribution in [0.3, 0.4) is 0 Å². The lowest BCUT2D eigenvalue weighted by atomic mass is 10.1. The quantitative estimate of drug-likeness (QED) is 0.625. The smallest absolute Gasteiger partial charge is 0.351 e. The molecule has 0 aliphatic heterocycles. The Bertz CT molecular complexity index is 1010. The lowest BCUT2D eigenvalue weighted by Crippen LogP contribution is -2.37. The van der Waals surface area contributed by atoms with Crippen LogP contribution in [-0.2, 0) is 9.53 Å². The minimum Gasteiger partial charge on any atom is -0.451 e. The number of hydrogen-bond acceptors (Lipinski definition) is 8. The molecule has 0 saturated carbocycles. The van der Waals surface area contributed by atoms with Crippen LogP contribution in [0.15, 0.2) is 36.0 Å². The van der Waals surface area contributed by atoms with Gasteiger partial charge in [-0.05, 0) is 52.9 Å². The number of tetrazole rings is 1. The maximum absolute atomic E-state index is 12.2. The second-order valence-corrected chi connectivity index (χ2v) is 6.63. The van der Waals surface area contributed by atoms with Gasteiger partial charge in [-0.25, -0.2) is 9.59 Å². The molecule has 0 fully saturated rings. The molecule has 0 atom stereocenters. The Morgan fingerprint density at radius 2 is 2.04 bits per heavy atom. The first-order chi connectivity index (χ1) is 13.5. The highest BCUT2D eigenvalue weighted by Crippen LogP contribution is 2.21. The number of amides is 3. The summed E-state index contributed by atoms with van der Waals surface area (Å²) in [7, 11) is 0. The third-order valence-corrected chi connectivity index (χ3v) is 4.75. The molecule has 10 nitrogen and oxygen atoms in total. The van der Waals surface area contributed by atoms with Crippen LogP contribution in [0.1, 0.15) is 20.8 Å². The largest absolute Gasteiger partial charge is 0.451 e. The summed E-state index contributed by atoms with van der Waals surface area (Å²) >= 11 is 1.12. The lowest BCUT2D eigenvalue weighted by Gasteiger charge is -2.11. The van der Waals surface area contributed by atoms with Crippen molar-refractivity contribution in [3.05, 3.63) is 52.0 Å². The Kier molecular flexibility index (Phi) is 5.75. The van der Waals surface area contributed by atoms with Gasteiger partial charge < -0.3 is 10.1 Å². The van der Waals surface area contributed by atoms with E-state index < -0.39 is 24.5 Å². The fraction of sp³-hybridized carbons (Fsp3) is 0.176. The number of nitrogens with zero attached hydrogens (tertiary/aromatic N) is 4. The van der Waals surface area contributed by atoms with E-state index in [2.05, 4.69) is 26.2 Å². The van der Waals surface area contributed by atoms with Crippen molar-refractivity contribution in [2.45, 2.75) is 13.8 Å². The van der Waals surface area contributed by atoms with Gasteiger partial charge in [-0.2, -0.15) is 4.68 Å². The SMILES string of the molecule is Cc1cccc(NC(=O)NC(=O)COC(=O)c2sccc2-n2cnnn2)c1C. The van der Waals surface area contributed by atoms with Gasteiger partial charge in [0.15, 0.2) is 6.61 Å². The van der Waals surface area contributed by atoms with E-state index in [1.54, 1.807) is 23.6 Å². The Balaban J connectivity index is 1.53. The molecule has 0 unspecified atom stereocenters. The monoisotopic (exact) mass is 400 g/mol. The molecule has 0 aliphatic rings. The number of benzene rings is 1. The molecule has 3 amide bonds. The van der Waals surface area contributed by atoms with Crippen LogP contribution in [0.2, 0.25) is 0 Å². The molecule has 144 valence electrons. The topological polar surface area (TPSA) is 128 Å². The predicted octanol–water partition coefficient (Wildman–Crippen LogP) is 1.85. The van der Waals surface area contributed by atoms with Crippen molar-refractivity contribution in [2.75, 3.05) is 11.9 Å². The molecule has 2 heterocycles. The van der Waals surface area contributed by atoms with Gasteiger partial charge in [0.25, 0.3) is 5.91 Å². The fourth-order valence-electron chi connectivity index (χ4n) is 2.31. The molecule has 0 aliphatic carbocycles. The van der Waals surface area contributed by atoms with Crippen molar-refractivity contribution < 1.29 is 19.1 Å². The van der Waals surface area contributed by atoms with Gasteiger partial charge in [0.1, 0.15) is 11.2 Å². The Morgan fingerprint density at radius 3 is 2.79 bits per heavy atom. The van der Waals surface area contributed by atoms with Crippen molar-refractivity contribution in [3.8, 4) is 5.69 Å². The van der Waals surface area contributed by atoms with Gasteiger partial charge >= 0.3 is 12.0 Å². The van der Waals surface area contributed by atoms with Gasteiger partial charge in [0, 0.05) is 5.69 Å². The predicted molar refractivity (Wildman–Crippen MR) is 100 cm³/mol. The van der Waals surface area contributed by atoms with Crippen molar-refractivity contribution in [2.24, 2.45) is 0 Å². The number of rotatable bonds is 5. The van der Waals surface area contributed by atoms with Crippen LogP contribution in [0.5, 0.6) is 0 Å². The zero-order chi connectivity index (χ0) is 20.1. The van der Waals surface area contributed by atoms with Gasteiger partial charge in [-0.1, -0.05) is 12.1 Å². The first-order valence-electron chi connectivity index (χ1n) is 8.10. The van der Waals surface area contributed by atoms with Crippen LogP contribution in [-0.4, -0.2) is 44.7 Å². The van der Waals surface area contributed by atoms with Gasteiger partial charge in [-0.15, -0.1) is 16.4 Å². The number of imide groups is 1. The first kappa shape index (κ1) is 19.2. The number of aryl methyl sites for hydroxylation is 1. The molecule has 3 rings (SSSR count). The standard InChI is InChI=1S/C17H16N6O4S/c1-10-4-3-5-12(11(10)2)19-17(26)20-14(24)8-27-16(25)15-13(6-7-28-15)23-9-18-21-22-23/h3-7,9H,8H2,1-2H3,(H2,19,20,24,26). The minimum atomic E-state index is -0.753. The van der Waals surface area contributed by atoms with Gasteiger partial charge in [0.05, 0.1) is 5.69 Å². The zero-order valence-electron chi connectivity index (χ0n) is 15.0. The number of anilines is 1. The zero-order valence-corrected chi connectivity index (χ0v) is 15.8. The number of ether oxygens (including phenoxy) is 1. The number of aromatic nitrogens is 4. The summed E-state index contributed by atoms with van der Waals surface area (Å²) in [5.41, 5.74) is 2.93. The van der Waals surface area contributed by atoms with E-state index in [0.717, 1.165) is 22.5 Å². The molecule has 3 aromatic rings. The average molecular weight is 400 g/mol. The highest BCUT2D eigenvalue weighted by atomic mass is 32.1. The molecular weight excluding hydrogens is 384 g/mol. The summed E-state index contributed by atoms with van der Waals surface area (Å²) < 4.78 is 6.29. The first-order valence-corrected chi connectivity index (χ1v) is 8.98. The number of hydrogen-bond donors (Lipinski definition) is 2. The van der Waals surface area contributed by atoms with Gasteiger partial charge in [0.2, 0.25) is 0 Å². The van der Waals surface area contributed by atoms with Crippen molar-refractivity contribution >= 4 is 34.9 Å². The number of carbonyl (C=O) groups excluding carboxylic acids is 3. The molecular formula is C17H16N6O4S. The Morgan fingerprint density at radius 1 is 1.21 bits per heavy atom. The van der Waals surface area contributed by atoms with Crippen molar-refractivity contribution in [1.29, 1.82) is 0 Å². The number of urea groups is 1. The second kappa shape index (κ2) is 8.39. The van der Waals surface area contributed by atoms with E-state index in [1.165, 1.54) is 11.0 Å². The lowest BCUT2D eigenvalue weighted by molar-refractivity contribution is -0.123. The van der Waals surface area contributed by atoms with E-state index in [-0.39, 0.29) is 4.88 Å². The van der Waals surface area contributed by atoms with Crippen LogP contribution >= 0.6 is 11.3 Å². The van der Waals surface area contributed by atoms with Crippen LogP contribution < -0.4 is 10.6 Å². The summed E-state index contributed by atoms with van der Waals surface area (Å²) in [4.78, 5) is 36.3. The van der Waals surface area contributed by atoms with Gasteiger partial charge in [-0.3, -0.25) is 10.1 Å². The summed E-state index contributed by atoms with van der Waals surface area (Å²) in [6.45, 7) is 3.17. The minimum absolute atomic E-state index is 0.236. The normalized spacial score (nSPS) is 10.4. The van der Waals surface area contributed by atoms with Crippen molar-refractivity contribution in [3.63, 3.8) is 0 Å². The summed E-state index contributed by atoms with van der Waals surface area (Å²) in [6, 6.07) is 6.38. The molecule has 1 aromatic carbocycles. The molecule has 11 heteroatoms. The maximum Gasteiger partial charge on any atom is 0.351 e. The maximum atomic E-state index is 12.2. The number of thiophene rings is 1. The number of carbonyl (C=O) groups is 3. The molecule has 2 N–H and O–H groups in total. The molecule has 28 heavy (non-hydrogen) atoms. The van der Waals surface area contributed by atoms with E-state index in [0.29, 0.717) is 11.4 Å². The van der Waals surface area contributed by atoms with Crippen LogP contribution in [0, 0.1) is 13.8 Å². The third kappa shape index (κ3) is 4.38. The summed E-state index contributed by atoms with van der Waals surface area (Å²) in [6.07, 6.45) is 1.34. The molecule has 2 aromatic heterocycles. The molecule has 0 saturated heterocycles. The third-order valence-electron chi connectivity index (χ3n) is 3.87.